The van der Waals surface area contributed by atoms with Gasteiger partial charge >= 0.3 is 0 Å². The van der Waals surface area contributed by atoms with Gasteiger partial charge in [0.15, 0.2) is 0 Å². The summed E-state index contributed by atoms with van der Waals surface area (Å²) in [6.45, 7) is 7.77. The highest BCUT2D eigenvalue weighted by atomic mass is 16.5. The van der Waals surface area contributed by atoms with Gasteiger partial charge in [0, 0.05) is 49.3 Å². The summed E-state index contributed by atoms with van der Waals surface area (Å²) in [7, 11) is 0. The molecule has 2 aromatic rings. The van der Waals surface area contributed by atoms with Crippen LogP contribution in [0, 0.1) is 5.92 Å². The number of aromatic nitrogens is 1. The first-order valence-corrected chi connectivity index (χ1v) is 9.99. The smallest absolute Gasteiger partial charge is 0.259 e. The molecule has 0 saturated carbocycles. The van der Waals surface area contributed by atoms with Crippen molar-refractivity contribution in [3.05, 3.63) is 47.7 Å². The van der Waals surface area contributed by atoms with Gasteiger partial charge in [-0.3, -0.25) is 4.79 Å². The molecule has 0 unspecified atom stereocenters. The molecule has 4 rings (SSSR count). The largest absolute Gasteiger partial charge is 0.384 e. The number of hydrogen-bond donors (Lipinski definition) is 3. The van der Waals surface area contributed by atoms with Crippen molar-refractivity contribution >= 4 is 23.1 Å². The number of hydrogen-bond acceptors (Lipinski definition) is 5. The van der Waals surface area contributed by atoms with E-state index in [2.05, 4.69) is 40.8 Å². The number of rotatable bonds is 5. The Morgan fingerprint density at radius 3 is 2.93 bits per heavy atom. The van der Waals surface area contributed by atoms with Gasteiger partial charge in [-0.1, -0.05) is 19.9 Å². The Morgan fingerprint density at radius 2 is 2.11 bits per heavy atom. The van der Waals surface area contributed by atoms with Gasteiger partial charge in [-0.2, -0.15) is 0 Å². The van der Waals surface area contributed by atoms with E-state index in [1.165, 1.54) is 5.56 Å². The van der Waals surface area contributed by atoms with E-state index in [0.29, 0.717) is 17.3 Å². The number of fused-ring (bicyclic) bond motifs is 1. The molecular formula is C22H28N4O2. The molecule has 1 aromatic carbocycles. The minimum absolute atomic E-state index is 0.114. The van der Waals surface area contributed by atoms with Crippen molar-refractivity contribution in [1.29, 1.82) is 0 Å². The summed E-state index contributed by atoms with van der Waals surface area (Å²) in [5, 5.41) is 9.80. The third kappa shape index (κ3) is 3.97. The second-order valence-corrected chi connectivity index (χ2v) is 8.29. The molecule has 0 spiro atoms. The zero-order chi connectivity index (χ0) is 19.6. The maximum atomic E-state index is 12.9. The Morgan fingerprint density at radius 1 is 1.29 bits per heavy atom. The zero-order valence-electron chi connectivity index (χ0n) is 16.5. The van der Waals surface area contributed by atoms with Crippen LogP contribution >= 0.6 is 0 Å². The number of ether oxygens (including phenoxy) is 1. The Kier molecular flexibility index (Phi) is 5.22. The van der Waals surface area contributed by atoms with Crippen molar-refractivity contribution in [2.45, 2.75) is 32.1 Å². The van der Waals surface area contributed by atoms with Gasteiger partial charge in [0.05, 0.1) is 5.56 Å². The van der Waals surface area contributed by atoms with E-state index in [1.807, 2.05) is 18.2 Å². The van der Waals surface area contributed by atoms with Gasteiger partial charge in [-0.15, -0.1) is 0 Å². The lowest BCUT2D eigenvalue weighted by Crippen LogP contribution is -2.24. The molecule has 2 aliphatic rings. The predicted molar refractivity (Wildman–Crippen MR) is 112 cm³/mol. The quantitative estimate of drug-likeness (QED) is 0.734. The fourth-order valence-electron chi connectivity index (χ4n) is 3.89. The van der Waals surface area contributed by atoms with Gasteiger partial charge in [-0.25, -0.2) is 4.98 Å². The molecule has 1 amide bonds. The van der Waals surface area contributed by atoms with Crippen molar-refractivity contribution in [2.75, 3.05) is 42.3 Å². The van der Waals surface area contributed by atoms with Gasteiger partial charge in [0.1, 0.15) is 5.82 Å². The monoisotopic (exact) mass is 380 g/mol. The van der Waals surface area contributed by atoms with Crippen LogP contribution in [0.15, 0.2) is 36.5 Å². The molecule has 148 valence electrons. The molecule has 0 radical (unpaired) electrons. The van der Waals surface area contributed by atoms with Crippen LogP contribution in [-0.4, -0.2) is 37.2 Å². The van der Waals surface area contributed by atoms with Crippen LogP contribution in [0.4, 0.5) is 17.2 Å². The molecule has 0 atom stereocenters. The molecular weight excluding hydrogens is 352 g/mol. The van der Waals surface area contributed by atoms with Crippen molar-refractivity contribution in [1.82, 2.24) is 4.98 Å². The maximum absolute atomic E-state index is 12.9. The maximum Gasteiger partial charge on any atom is 0.259 e. The first-order valence-electron chi connectivity index (χ1n) is 9.99. The predicted octanol–water partition coefficient (Wildman–Crippen LogP) is 3.88. The van der Waals surface area contributed by atoms with E-state index >= 15 is 0 Å². The summed E-state index contributed by atoms with van der Waals surface area (Å²) >= 11 is 0. The second kappa shape index (κ2) is 7.80. The summed E-state index contributed by atoms with van der Waals surface area (Å²) < 4.78 is 5.41. The SMILES string of the molecule is CC1(C)CNc2cc(NC(=O)c3cccnc3NCC3CCOCC3)ccc21. The van der Waals surface area contributed by atoms with Crippen molar-refractivity contribution in [3.63, 3.8) is 0 Å². The molecule has 6 heteroatoms. The zero-order valence-corrected chi connectivity index (χ0v) is 16.5. The number of carbonyl (C=O) groups excluding carboxylic acids is 1. The molecule has 3 N–H and O–H groups in total. The second-order valence-electron chi connectivity index (χ2n) is 8.29. The van der Waals surface area contributed by atoms with E-state index in [-0.39, 0.29) is 11.3 Å². The fraction of sp³-hybridized carbons (Fsp3) is 0.455. The molecule has 1 aromatic heterocycles. The van der Waals surface area contributed by atoms with Gasteiger partial charge in [-0.05, 0) is 48.6 Å². The van der Waals surface area contributed by atoms with Crippen LogP contribution in [0.1, 0.15) is 42.6 Å². The summed E-state index contributed by atoms with van der Waals surface area (Å²) in [5.74, 6) is 1.03. The van der Waals surface area contributed by atoms with Crippen LogP contribution in [0.25, 0.3) is 0 Å². The minimum atomic E-state index is -0.153. The number of anilines is 3. The standard InChI is InChI=1S/C22H28N4O2/c1-22(2)14-25-19-12-16(5-6-18(19)22)26-21(27)17-4-3-9-23-20(17)24-13-15-7-10-28-11-8-15/h3-6,9,12,15,25H,7-8,10-11,13-14H2,1-2H3,(H,23,24)(H,26,27). The molecule has 1 fully saturated rings. The van der Waals surface area contributed by atoms with E-state index in [4.69, 9.17) is 4.74 Å². The fourth-order valence-corrected chi connectivity index (χ4v) is 3.89. The Hall–Kier alpha value is -2.60. The molecule has 0 bridgehead atoms. The average molecular weight is 380 g/mol. The van der Waals surface area contributed by atoms with Crippen molar-refractivity contribution in [3.8, 4) is 0 Å². The minimum Gasteiger partial charge on any atom is -0.384 e. The highest BCUT2D eigenvalue weighted by Gasteiger charge is 2.29. The number of nitrogens with one attached hydrogen (secondary N) is 3. The lowest BCUT2D eigenvalue weighted by atomic mass is 9.87. The first-order chi connectivity index (χ1) is 13.5. The molecule has 28 heavy (non-hydrogen) atoms. The summed E-state index contributed by atoms with van der Waals surface area (Å²) in [6, 6.07) is 9.67. The van der Waals surface area contributed by atoms with Gasteiger partial charge in [0.25, 0.3) is 5.91 Å². The third-order valence-corrected chi connectivity index (χ3v) is 5.68. The van der Waals surface area contributed by atoms with Crippen LogP contribution in [-0.2, 0) is 10.2 Å². The topological polar surface area (TPSA) is 75.3 Å². The molecule has 3 heterocycles. The number of benzene rings is 1. The van der Waals surface area contributed by atoms with Crippen LogP contribution in [0.3, 0.4) is 0 Å². The average Bonchev–Trinajstić information content (AvgIpc) is 3.01. The summed E-state index contributed by atoms with van der Waals surface area (Å²) in [5.41, 5.74) is 3.83. The van der Waals surface area contributed by atoms with Crippen LogP contribution in [0.5, 0.6) is 0 Å². The first kappa shape index (κ1) is 18.7. The van der Waals surface area contributed by atoms with Gasteiger partial charge < -0.3 is 20.7 Å². The Balaban J connectivity index is 1.45. The lowest BCUT2D eigenvalue weighted by Gasteiger charge is -2.23. The number of amides is 1. The van der Waals surface area contributed by atoms with E-state index in [0.717, 1.165) is 50.5 Å². The van der Waals surface area contributed by atoms with E-state index in [1.54, 1.807) is 12.3 Å². The summed E-state index contributed by atoms with van der Waals surface area (Å²) in [4.78, 5) is 17.3. The van der Waals surface area contributed by atoms with Crippen molar-refractivity contribution in [2.24, 2.45) is 5.92 Å². The Bertz CT molecular complexity index is 859. The van der Waals surface area contributed by atoms with E-state index in [9.17, 15) is 4.79 Å². The number of nitrogens with zero attached hydrogens (tertiary/aromatic N) is 1. The number of carbonyl (C=O) groups is 1. The van der Waals surface area contributed by atoms with E-state index < -0.39 is 0 Å². The molecule has 2 aliphatic heterocycles. The normalized spacial score (nSPS) is 18.2. The highest BCUT2D eigenvalue weighted by Crippen LogP contribution is 2.37. The van der Waals surface area contributed by atoms with Crippen LogP contribution < -0.4 is 16.0 Å². The lowest BCUT2D eigenvalue weighted by molar-refractivity contribution is 0.0699. The van der Waals surface area contributed by atoms with Crippen molar-refractivity contribution < 1.29 is 9.53 Å². The third-order valence-electron chi connectivity index (χ3n) is 5.68. The number of pyridine rings is 1. The Labute approximate surface area is 166 Å². The van der Waals surface area contributed by atoms with Gasteiger partial charge in [0.2, 0.25) is 0 Å². The molecule has 0 aliphatic carbocycles. The molecule has 1 saturated heterocycles. The molecule has 6 nitrogen and oxygen atoms in total. The summed E-state index contributed by atoms with van der Waals surface area (Å²) in [6.07, 6.45) is 3.80. The highest BCUT2D eigenvalue weighted by molar-refractivity contribution is 6.07. The van der Waals surface area contributed by atoms with Crippen LogP contribution in [0.2, 0.25) is 0 Å².